The first kappa shape index (κ1) is 16.6. The predicted molar refractivity (Wildman–Crippen MR) is 98.6 cm³/mol. The van der Waals surface area contributed by atoms with Gasteiger partial charge in [0, 0.05) is 55.6 Å². The SMILES string of the molecule is Cc1cc2c(o1)CC(C)(C)C[C@@H]2NCc1cnc(N2CCCC2)nc1. The first-order valence-corrected chi connectivity index (χ1v) is 9.39. The molecule has 3 heterocycles. The van der Waals surface area contributed by atoms with Crippen LogP contribution in [0.15, 0.2) is 22.9 Å². The summed E-state index contributed by atoms with van der Waals surface area (Å²) in [6, 6.07) is 2.52. The third-order valence-electron chi connectivity index (χ3n) is 5.37. The zero-order valence-electron chi connectivity index (χ0n) is 15.5. The van der Waals surface area contributed by atoms with E-state index in [1.807, 2.05) is 19.3 Å². The highest BCUT2D eigenvalue weighted by Gasteiger charge is 2.34. The number of fused-ring (bicyclic) bond motifs is 1. The Morgan fingerprint density at radius 3 is 2.68 bits per heavy atom. The Bertz CT molecular complexity index is 729. The van der Waals surface area contributed by atoms with Crippen LogP contribution in [0.3, 0.4) is 0 Å². The van der Waals surface area contributed by atoms with E-state index in [9.17, 15) is 0 Å². The van der Waals surface area contributed by atoms with E-state index < -0.39 is 0 Å². The Morgan fingerprint density at radius 2 is 1.96 bits per heavy atom. The Balaban J connectivity index is 1.44. The average Bonchev–Trinajstić information content (AvgIpc) is 3.21. The fourth-order valence-electron chi connectivity index (χ4n) is 4.13. The van der Waals surface area contributed by atoms with Gasteiger partial charge in [-0.05, 0) is 37.7 Å². The van der Waals surface area contributed by atoms with Crippen LogP contribution in [0.5, 0.6) is 0 Å². The van der Waals surface area contributed by atoms with Crippen LogP contribution in [-0.2, 0) is 13.0 Å². The number of aryl methyl sites for hydroxylation is 1. The third kappa shape index (κ3) is 3.56. The summed E-state index contributed by atoms with van der Waals surface area (Å²) in [6.45, 7) is 9.61. The average molecular weight is 340 g/mol. The molecule has 2 aromatic heterocycles. The van der Waals surface area contributed by atoms with Gasteiger partial charge in [0.25, 0.3) is 0 Å². The topological polar surface area (TPSA) is 54.2 Å². The minimum absolute atomic E-state index is 0.255. The highest BCUT2D eigenvalue weighted by molar-refractivity contribution is 5.32. The van der Waals surface area contributed by atoms with E-state index >= 15 is 0 Å². The molecule has 0 aromatic carbocycles. The Morgan fingerprint density at radius 1 is 1.24 bits per heavy atom. The summed E-state index contributed by atoms with van der Waals surface area (Å²) in [6.07, 6.45) is 8.55. The summed E-state index contributed by atoms with van der Waals surface area (Å²) in [4.78, 5) is 11.4. The van der Waals surface area contributed by atoms with E-state index in [0.717, 1.165) is 55.5 Å². The molecule has 2 aliphatic rings. The monoisotopic (exact) mass is 340 g/mol. The Kier molecular flexibility index (Phi) is 4.28. The molecule has 5 heteroatoms. The van der Waals surface area contributed by atoms with Crippen molar-refractivity contribution in [2.24, 2.45) is 5.41 Å². The molecule has 25 heavy (non-hydrogen) atoms. The van der Waals surface area contributed by atoms with E-state index in [2.05, 4.69) is 40.1 Å². The number of furan rings is 1. The standard InChI is InChI=1S/C20H28N4O/c1-14-8-16-17(9-20(2,3)10-18(16)25-14)21-11-15-12-22-19(23-13-15)24-6-4-5-7-24/h8,12-13,17,21H,4-7,9-11H2,1-3H3/t17-/m0/s1. The van der Waals surface area contributed by atoms with E-state index in [1.165, 1.54) is 18.4 Å². The number of aromatic nitrogens is 2. The van der Waals surface area contributed by atoms with Crippen LogP contribution < -0.4 is 10.2 Å². The van der Waals surface area contributed by atoms with Gasteiger partial charge >= 0.3 is 0 Å². The highest BCUT2D eigenvalue weighted by atomic mass is 16.3. The largest absolute Gasteiger partial charge is 0.466 e. The van der Waals surface area contributed by atoms with Crippen LogP contribution in [0.1, 0.15) is 61.8 Å². The highest BCUT2D eigenvalue weighted by Crippen LogP contribution is 2.42. The minimum atomic E-state index is 0.255. The molecule has 0 radical (unpaired) electrons. The molecule has 1 fully saturated rings. The van der Waals surface area contributed by atoms with Crippen molar-refractivity contribution in [2.75, 3.05) is 18.0 Å². The summed E-state index contributed by atoms with van der Waals surface area (Å²) in [7, 11) is 0. The van der Waals surface area contributed by atoms with E-state index in [-0.39, 0.29) is 5.41 Å². The maximum atomic E-state index is 5.93. The number of rotatable bonds is 4. The van der Waals surface area contributed by atoms with Gasteiger partial charge in [0.2, 0.25) is 5.95 Å². The van der Waals surface area contributed by atoms with Crippen molar-refractivity contribution < 1.29 is 4.42 Å². The molecule has 5 nitrogen and oxygen atoms in total. The number of nitrogens with zero attached hydrogens (tertiary/aromatic N) is 3. The molecule has 1 N–H and O–H groups in total. The summed E-state index contributed by atoms with van der Waals surface area (Å²) in [5.74, 6) is 3.02. The summed E-state index contributed by atoms with van der Waals surface area (Å²) in [5.41, 5.74) is 2.71. The van der Waals surface area contributed by atoms with Gasteiger partial charge in [0.05, 0.1) is 0 Å². The van der Waals surface area contributed by atoms with Gasteiger partial charge in [0.1, 0.15) is 11.5 Å². The van der Waals surface area contributed by atoms with Crippen molar-refractivity contribution >= 4 is 5.95 Å². The van der Waals surface area contributed by atoms with E-state index in [0.29, 0.717) is 6.04 Å². The zero-order chi connectivity index (χ0) is 17.4. The van der Waals surface area contributed by atoms with Gasteiger partial charge in [-0.1, -0.05) is 13.8 Å². The molecule has 4 rings (SSSR count). The molecule has 0 saturated carbocycles. The van der Waals surface area contributed by atoms with E-state index in [4.69, 9.17) is 4.42 Å². The lowest BCUT2D eigenvalue weighted by atomic mass is 9.74. The van der Waals surface area contributed by atoms with Crippen molar-refractivity contribution in [1.82, 2.24) is 15.3 Å². The predicted octanol–water partition coefficient (Wildman–Crippen LogP) is 3.78. The maximum Gasteiger partial charge on any atom is 0.225 e. The molecule has 0 unspecified atom stereocenters. The van der Waals surface area contributed by atoms with Gasteiger partial charge in [-0.3, -0.25) is 0 Å². The fourth-order valence-corrected chi connectivity index (χ4v) is 4.13. The third-order valence-corrected chi connectivity index (χ3v) is 5.37. The second-order valence-corrected chi connectivity index (χ2v) is 8.30. The zero-order valence-corrected chi connectivity index (χ0v) is 15.5. The summed E-state index contributed by atoms with van der Waals surface area (Å²) < 4.78 is 5.93. The molecule has 1 aliphatic heterocycles. The molecule has 134 valence electrons. The maximum absolute atomic E-state index is 5.93. The van der Waals surface area contributed by atoms with Crippen molar-refractivity contribution in [1.29, 1.82) is 0 Å². The van der Waals surface area contributed by atoms with Crippen molar-refractivity contribution in [3.05, 3.63) is 41.1 Å². The van der Waals surface area contributed by atoms with Crippen molar-refractivity contribution in [3.63, 3.8) is 0 Å². The Labute approximate surface area is 149 Å². The molecule has 2 aromatic rings. The van der Waals surface area contributed by atoms with Crippen LogP contribution in [0.2, 0.25) is 0 Å². The second-order valence-electron chi connectivity index (χ2n) is 8.30. The van der Waals surface area contributed by atoms with Crippen LogP contribution in [0.4, 0.5) is 5.95 Å². The summed E-state index contributed by atoms with van der Waals surface area (Å²) >= 11 is 0. The number of hydrogen-bond donors (Lipinski definition) is 1. The molecule has 0 bridgehead atoms. The minimum Gasteiger partial charge on any atom is -0.466 e. The lowest BCUT2D eigenvalue weighted by molar-refractivity contribution is 0.233. The quantitative estimate of drug-likeness (QED) is 0.918. The molecule has 0 amide bonds. The lowest BCUT2D eigenvalue weighted by Crippen LogP contribution is -2.32. The number of anilines is 1. The number of hydrogen-bond acceptors (Lipinski definition) is 5. The van der Waals surface area contributed by atoms with Gasteiger partial charge in [-0.25, -0.2) is 9.97 Å². The van der Waals surface area contributed by atoms with Crippen LogP contribution in [-0.4, -0.2) is 23.1 Å². The molecular weight excluding hydrogens is 312 g/mol. The van der Waals surface area contributed by atoms with Crippen LogP contribution >= 0.6 is 0 Å². The van der Waals surface area contributed by atoms with Gasteiger partial charge in [0.15, 0.2) is 0 Å². The van der Waals surface area contributed by atoms with Gasteiger partial charge in [-0.15, -0.1) is 0 Å². The first-order chi connectivity index (χ1) is 12.0. The van der Waals surface area contributed by atoms with E-state index in [1.54, 1.807) is 0 Å². The van der Waals surface area contributed by atoms with Crippen LogP contribution in [0, 0.1) is 12.3 Å². The van der Waals surface area contributed by atoms with Gasteiger partial charge in [-0.2, -0.15) is 0 Å². The Hall–Kier alpha value is -1.88. The molecular formula is C20H28N4O. The molecule has 1 atom stereocenters. The second kappa shape index (κ2) is 6.45. The molecule has 1 saturated heterocycles. The van der Waals surface area contributed by atoms with Gasteiger partial charge < -0.3 is 14.6 Å². The molecule has 0 spiro atoms. The lowest BCUT2D eigenvalue weighted by Gasteiger charge is -2.34. The summed E-state index contributed by atoms with van der Waals surface area (Å²) in [5, 5.41) is 3.70. The fraction of sp³-hybridized carbons (Fsp3) is 0.600. The van der Waals surface area contributed by atoms with Crippen molar-refractivity contribution in [2.45, 2.75) is 59.0 Å². The number of nitrogens with one attached hydrogen (secondary N) is 1. The van der Waals surface area contributed by atoms with Crippen LogP contribution in [0.25, 0.3) is 0 Å². The molecule has 1 aliphatic carbocycles. The van der Waals surface area contributed by atoms with Crippen molar-refractivity contribution in [3.8, 4) is 0 Å². The smallest absolute Gasteiger partial charge is 0.225 e. The first-order valence-electron chi connectivity index (χ1n) is 9.39. The normalized spacial score (nSPS) is 22.2.